The quantitative estimate of drug-likeness (QED) is 0.226. The highest BCUT2D eigenvalue weighted by Crippen LogP contribution is 2.36. The number of aromatic amines is 1. The number of H-pyrrole nitrogens is 1. The Kier molecular flexibility index (Phi) is 6.86. The first-order valence-corrected chi connectivity index (χ1v) is 12.4. The second-order valence-electron chi connectivity index (χ2n) is 8.46. The van der Waals surface area contributed by atoms with Crippen LogP contribution in [0.1, 0.15) is 35.7 Å². The van der Waals surface area contributed by atoms with Gasteiger partial charge in [0, 0.05) is 33.3 Å². The predicted molar refractivity (Wildman–Crippen MR) is 140 cm³/mol. The summed E-state index contributed by atoms with van der Waals surface area (Å²) in [7, 11) is 0. The lowest BCUT2D eigenvalue weighted by Gasteiger charge is -2.20. The van der Waals surface area contributed by atoms with E-state index in [0.717, 1.165) is 52.9 Å². The lowest BCUT2D eigenvalue weighted by atomic mass is 9.94. The number of fused-ring (bicyclic) bond motifs is 1. The molecule has 1 fully saturated rings. The van der Waals surface area contributed by atoms with Crippen LogP contribution >= 0.6 is 27.5 Å². The van der Waals surface area contributed by atoms with Crippen LogP contribution in [0.5, 0.6) is 0 Å². The van der Waals surface area contributed by atoms with Gasteiger partial charge in [-0.3, -0.25) is 10.1 Å². The first-order chi connectivity index (χ1) is 17.0. The number of hydrogen-bond acceptors (Lipinski definition) is 6. The minimum atomic E-state index is -0.506. The molecular formula is C25H22BrClFN7. The number of nitrogens with one attached hydrogen (secondary N) is 4. The van der Waals surface area contributed by atoms with E-state index >= 15 is 0 Å². The number of nitrogens with zero attached hydrogens (tertiary/aromatic N) is 3. The van der Waals surface area contributed by atoms with Crippen molar-refractivity contribution in [2.75, 3.05) is 23.7 Å². The zero-order chi connectivity index (χ0) is 24.4. The van der Waals surface area contributed by atoms with Crippen molar-refractivity contribution in [3.8, 4) is 6.07 Å². The van der Waals surface area contributed by atoms with Crippen LogP contribution in [0.25, 0.3) is 10.9 Å². The molecule has 0 atom stereocenters. The molecule has 0 amide bonds. The first kappa shape index (κ1) is 23.5. The maximum Gasteiger partial charge on any atom is 0.141 e. The first-order valence-electron chi connectivity index (χ1n) is 11.2. The van der Waals surface area contributed by atoms with Crippen molar-refractivity contribution in [3.05, 3.63) is 74.9 Å². The molecule has 7 nitrogen and oxygen atoms in total. The Labute approximate surface area is 215 Å². The Balaban J connectivity index is 1.42. The fraction of sp³-hybridized carbons (Fsp3) is 0.240. The highest BCUT2D eigenvalue weighted by atomic mass is 79.9. The van der Waals surface area contributed by atoms with Gasteiger partial charge in [-0.1, -0.05) is 11.6 Å². The van der Waals surface area contributed by atoms with Gasteiger partial charge in [-0.25, -0.2) is 4.39 Å². The van der Waals surface area contributed by atoms with E-state index in [1.165, 1.54) is 18.3 Å². The third-order valence-corrected chi connectivity index (χ3v) is 7.02. The second kappa shape index (κ2) is 10.2. The molecule has 4 aromatic rings. The van der Waals surface area contributed by atoms with Crippen LogP contribution < -0.4 is 16.0 Å². The van der Waals surface area contributed by atoms with Gasteiger partial charge in [0.1, 0.15) is 11.9 Å². The van der Waals surface area contributed by atoms with Gasteiger partial charge in [-0.15, -0.1) is 0 Å². The average molecular weight is 555 g/mol. The summed E-state index contributed by atoms with van der Waals surface area (Å²) in [6, 6.07) is 12.5. The summed E-state index contributed by atoms with van der Waals surface area (Å²) in [4.78, 5) is 4.46. The summed E-state index contributed by atoms with van der Waals surface area (Å²) < 4.78 is 14.4. The Hall–Kier alpha value is -3.19. The summed E-state index contributed by atoms with van der Waals surface area (Å²) in [5, 5.41) is 28.1. The number of hydrogen-bond donors (Lipinski definition) is 4. The number of rotatable bonds is 6. The fourth-order valence-electron chi connectivity index (χ4n) is 4.29. The van der Waals surface area contributed by atoms with E-state index in [9.17, 15) is 9.65 Å². The lowest BCUT2D eigenvalue weighted by molar-refractivity contribution is 0.453. The number of nitriles is 1. The average Bonchev–Trinajstić information content (AvgIpc) is 3.35. The van der Waals surface area contributed by atoms with Gasteiger partial charge >= 0.3 is 0 Å². The topological polar surface area (TPSA) is 101 Å². The molecule has 1 saturated heterocycles. The minimum Gasteiger partial charge on any atom is -0.379 e. The van der Waals surface area contributed by atoms with E-state index in [0.29, 0.717) is 34.9 Å². The van der Waals surface area contributed by atoms with Crippen molar-refractivity contribution in [3.63, 3.8) is 0 Å². The van der Waals surface area contributed by atoms with E-state index in [1.54, 1.807) is 6.07 Å². The van der Waals surface area contributed by atoms with E-state index in [1.807, 2.05) is 12.1 Å². The lowest BCUT2D eigenvalue weighted by Crippen LogP contribution is -2.26. The maximum atomic E-state index is 13.6. The standard InChI is InChI=1S/C25H22BrClFN7/c26-20-8-17(31-13-18-10-23(35-34-18)14-3-5-30-6-4-14)7-19-24(15(11-29)12-32-25(19)20)33-16-1-2-22(28)21(27)9-16/h1-2,7-10,12,14,30-31H,3-6,13H2,(H,32,33)(H,34,35). The largest absolute Gasteiger partial charge is 0.379 e. The molecule has 1 aliphatic rings. The molecule has 0 saturated carbocycles. The third-order valence-electron chi connectivity index (χ3n) is 6.13. The minimum absolute atomic E-state index is 0.00109. The maximum absolute atomic E-state index is 13.6. The molecule has 10 heteroatoms. The smallest absolute Gasteiger partial charge is 0.141 e. The summed E-state index contributed by atoms with van der Waals surface area (Å²) >= 11 is 9.56. The molecule has 0 spiro atoms. The molecular weight excluding hydrogens is 533 g/mol. The number of pyridine rings is 1. The molecule has 5 rings (SSSR count). The molecule has 2 aromatic carbocycles. The Morgan fingerprint density at radius 1 is 1.17 bits per heavy atom. The van der Waals surface area contributed by atoms with Crippen LogP contribution in [0, 0.1) is 17.1 Å². The summed E-state index contributed by atoms with van der Waals surface area (Å²) in [6.07, 6.45) is 3.71. The second-order valence-corrected chi connectivity index (χ2v) is 9.72. The summed E-state index contributed by atoms with van der Waals surface area (Å²) in [5.41, 5.74) is 5.15. The van der Waals surface area contributed by atoms with Gasteiger partial charge in [-0.05, 0) is 78.3 Å². The van der Waals surface area contributed by atoms with Crippen LogP contribution in [-0.2, 0) is 6.54 Å². The number of benzene rings is 2. The summed E-state index contributed by atoms with van der Waals surface area (Å²) in [5.74, 6) is -0.0196. The highest BCUT2D eigenvalue weighted by Gasteiger charge is 2.18. The van der Waals surface area contributed by atoms with Crippen molar-refractivity contribution in [1.82, 2.24) is 20.5 Å². The zero-order valence-corrected chi connectivity index (χ0v) is 21.0. The van der Waals surface area contributed by atoms with Gasteiger partial charge in [-0.2, -0.15) is 10.4 Å². The molecule has 3 heterocycles. The van der Waals surface area contributed by atoms with Crippen LogP contribution in [0.2, 0.25) is 5.02 Å². The predicted octanol–water partition coefficient (Wildman–Crippen LogP) is 6.21. The van der Waals surface area contributed by atoms with Crippen molar-refractivity contribution in [2.24, 2.45) is 0 Å². The molecule has 0 bridgehead atoms. The van der Waals surface area contributed by atoms with Gasteiger partial charge < -0.3 is 16.0 Å². The van der Waals surface area contributed by atoms with Gasteiger partial charge in [0.15, 0.2) is 0 Å². The van der Waals surface area contributed by atoms with Crippen LogP contribution in [0.4, 0.5) is 21.5 Å². The summed E-state index contributed by atoms with van der Waals surface area (Å²) in [6.45, 7) is 2.61. The fourth-order valence-corrected chi connectivity index (χ4v) is 5.04. The van der Waals surface area contributed by atoms with Gasteiger partial charge in [0.2, 0.25) is 0 Å². The van der Waals surface area contributed by atoms with Crippen LogP contribution in [-0.4, -0.2) is 28.3 Å². The molecule has 2 aromatic heterocycles. The number of halogens is 3. The normalized spacial score (nSPS) is 14.1. The zero-order valence-electron chi connectivity index (χ0n) is 18.6. The number of anilines is 3. The number of piperidine rings is 1. The SMILES string of the molecule is N#Cc1cnc2c(Br)cc(NCc3cc(C4CCNCC4)n[nH]3)cc2c1Nc1ccc(F)c(Cl)c1. The molecule has 1 aliphatic heterocycles. The Morgan fingerprint density at radius 3 is 2.77 bits per heavy atom. The Morgan fingerprint density at radius 2 is 2.00 bits per heavy atom. The molecule has 178 valence electrons. The number of aromatic nitrogens is 3. The molecule has 0 radical (unpaired) electrons. The van der Waals surface area contributed by atoms with E-state index in [-0.39, 0.29) is 5.02 Å². The van der Waals surface area contributed by atoms with E-state index < -0.39 is 5.82 Å². The van der Waals surface area contributed by atoms with Crippen molar-refractivity contribution >= 4 is 55.5 Å². The molecule has 4 N–H and O–H groups in total. The molecule has 0 aliphatic carbocycles. The Bertz CT molecular complexity index is 1430. The van der Waals surface area contributed by atoms with Crippen molar-refractivity contribution in [1.29, 1.82) is 5.26 Å². The monoisotopic (exact) mass is 553 g/mol. The van der Waals surface area contributed by atoms with E-state index in [2.05, 4.69) is 59.2 Å². The van der Waals surface area contributed by atoms with Crippen LogP contribution in [0.15, 0.2) is 47.1 Å². The van der Waals surface area contributed by atoms with Crippen molar-refractivity contribution < 1.29 is 4.39 Å². The van der Waals surface area contributed by atoms with Crippen molar-refractivity contribution in [2.45, 2.75) is 25.3 Å². The van der Waals surface area contributed by atoms with Gasteiger partial charge in [0.25, 0.3) is 0 Å². The molecule has 0 unspecified atom stereocenters. The van der Waals surface area contributed by atoms with E-state index in [4.69, 9.17) is 11.6 Å². The third kappa shape index (κ3) is 5.10. The van der Waals surface area contributed by atoms with Gasteiger partial charge in [0.05, 0.1) is 39.7 Å². The van der Waals surface area contributed by atoms with Crippen LogP contribution in [0.3, 0.4) is 0 Å². The highest BCUT2D eigenvalue weighted by molar-refractivity contribution is 9.10. The molecule has 35 heavy (non-hydrogen) atoms.